The first kappa shape index (κ1) is 18.3. The summed E-state index contributed by atoms with van der Waals surface area (Å²) < 4.78 is 0. The lowest BCUT2D eigenvalue weighted by Gasteiger charge is -2.48. The fraction of sp³-hybridized carbons (Fsp3) is 0.905. The average Bonchev–Trinajstić information content (AvgIpc) is 3.43. The highest BCUT2D eigenvalue weighted by Crippen LogP contribution is 2.40. The Labute approximate surface area is 157 Å². The zero-order valence-electron chi connectivity index (χ0n) is 16.2. The summed E-state index contributed by atoms with van der Waals surface area (Å²) in [7, 11) is 0. The Hall–Kier alpha value is -1.10. The van der Waals surface area contributed by atoms with Crippen LogP contribution < -0.4 is 5.32 Å². The quantitative estimate of drug-likeness (QED) is 0.819. The molecule has 1 spiro atoms. The SMILES string of the molecule is O=C(CN1CCCC2(CCC(=O)N(CC3CC3)C2)C1)NC1CCCCC1. The van der Waals surface area contributed by atoms with Gasteiger partial charge >= 0.3 is 0 Å². The third-order valence-electron chi connectivity index (χ3n) is 7.00. The molecule has 0 aromatic heterocycles. The van der Waals surface area contributed by atoms with Crippen LogP contribution in [0.1, 0.15) is 70.6 Å². The van der Waals surface area contributed by atoms with Gasteiger partial charge in [0.2, 0.25) is 11.8 Å². The van der Waals surface area contributed by atoms with Crippen molar-refractivity contribution in [2.45, 2.75) is 76.7 Å². The first-order valence-electron chi connectivity index (χ1n) is 10.9. The second kappa shape index (κ2) is 7.87. The topological polar surface area (TPSA) is 52.7 Å². The number of piperidine rings is 2. The van der Waals surface area contributed by atoms with Crippen molar-refractivity contribution in [2.75, 3.05) is 32.7 Å². The number of nitrogens with zero attached hydrogens (tertiary/aromatic N) is 2. The van der Waals surface area contributed by atoms with E-state index in [0.29, 0.717) is 24.9 Å². The summed E-state index contributed by atoms with van der Waals surface area (Å²) in [6.45, 7) is 4.44. The third kappa shape index (κ3) is 4.59. The van der Waals surface area contributed by atoms with E-state index in [-0.39, 0.29) is 11.3 Å². The third-order valence-corrected chi connectivity index (χ3v) is 7.00. The molecule has 4 aliphatic rings. The van der Waals surface area contributed by atoms with E-state index >= 15 is 0 Å². The molecule has 0 aromatic carbocycles. The highest BCUT2D eigenvalue weighted by Gasteiger charge is 2.43. The zero-order valence-corrected chi connectivity index (χ0v) is 16.2. The molecule has 1 N–H and O–H groups in total. The zero-order chi connectivity index (χ0) is 18.0. The van der Waals surface area contributed by atoms with Crippen LogP contribution in [0.3, 0.4) is 0 Å². The smallest absolute Gasteiger partial charge is 0.234 e. The van der Waals surface area contributed by atoms with Gasteiger partial charge in [0, 0.05) is 37.5 Å². The minimum Gasteiger partial charge on any atom is -0.352 e. The van der Waals surface area contributed by atoms with Crippen LogP contribution in [0.25, 0.3) is 0 Å². The van der Waals surface area contributed by atoms with Crippen molar-refractivity contribution in [3.63, 3.8) is 0 Å². The van der Waals surface area contributed by atoms with E-state index in [9.17, 15) is 9.59 Å². The number of carbonyl (C=O) groups is 2. The van der Waals surface area contributed by atoms with Crippen molar-refractivity contribution in [1.29, 1.82) is 0 Å². The van der Waals surface area contributed by atoms with Crippen molar-refractivity contribution in [3.05, 3.63) is 0 Å². The van der Waals surface area contributed by atoms with Gasteiger partial charge in [-0.3, -0.25) is 14.5 Å². The van der Waals surface area contributed by atoms with E-state index in [2.05, 4.69) is 15.1 Å². The Bertz CT molecular complexity index is 527. The number of hydrogen-bond acceptors (Lipinski definition) is 3. The van der Waals surface area contributed by atoms with Crippen molar-refractivity contribution in [1.82, 2.24) is 15.1 Å². The van der Waals surface area contributed by atoms with Crippen LogP contribution in [-0.2, 0) is 9.59 Å². The average molecular weight is 362 g/mol. The van der Waals surface area contributed by atoms with Gasteiger partial charge in [-0.2, -0.15) is 0 Å². The van der Waals surface area contributed by atoms with Crippen molar-refractivity contribution >= 4 is 11.8 Å². The van der Waals surface area contributed by atoms with Crippen molar-refractivity contribution < 1.29 is 9.59 Å². The summed E-state index contributed by atoms with van der Waals surface area (Å²) >= 11 is 0. The van der Waals surface area contributed by atoms with Gasteiger partial charge in [0.1, 0.15) is 0 Å². The molecule has 0 radical (unpaired) electrons. The van der Waals surface area contributed by atoms with Crippen LogP contribution in [-0.4, -0.2) is 60.4 Å². The largest absolute Gasteiger partial charge is 0.352 e. The molecule has 2 aliphatic heterocycles. The lowest BCUT2D eigenvalue weighted by atomic mass is 9.73. The Balaban J connectivity index is 1.30. The molecular weight excluding hydrogens is 326 g/mol. The van der Waals surface area contributed by atoms with Crippen LogP contribution in [0.4, 0.5) is 0 Å². The van der Waals surface area contributed by atoms with Gasteiger partial charge < -0.3 is 10.2 Å². The van der Waals surface area contributed by atoms with E-state index in [0.717, 1.165) is 57.8 Å². The summed E-state index contributed by atoms with van der Waals surface area (Å²) in [6, 6.07) is 0.399. The summed E-state index contributed by atoms with van der Waals surface area (Å²) in [6.07, 6.45) is 12.8. The maximum Gasteiger partial charge on any atom is 0.234 e. The first-order chi connectivity index (χ1) is 12.6. The van der Waals surface area contributed by atoms with Gasteiger partial charge in [0.05, 0.1) is 6.54 Å². The Morgan fingerprint density at radius 2 is 1.85 bits per heavy atom. The number of hydrogen-bond donors (Lipinski definition) is 1. The predicted molar refractivity (Wildman–Crippen MR) is 102 cm³/mol. The molecule has 0 bridgehead atoms. The van der Waals surface area contributed by atoms with Crippen LogP contribution in [0.2, 0.25) is 0 Å². The minimum absolute atomic E-state index is 0.204. The molecule has 2 saturated carbocycles. The number of amides is 2. The van der Waals surface area contributed by atoms with Gasteiger partial charge in [-0.15, -0.1) is 0 Å². The predicted octanol–water partition coefficient (Wildman–Crippen LogP) is 2.55. The van der Waals surface area contributed by atoms with Crippen LogP contribution >= 0.6 is 0 Å². The fourth-order valence-corrected chi connectivity index (χ4v) is 5.38. The minimum atomic E-state index is 0.204. The molecule has 1 unspecified atom stereocenters. The van der Waals surface area contributed by atoms with Crippen molar-refractivity contribution in [3.8, 4) is 0 Å². The van der Waals surface area contributed by atoms with Gasteiger partial charge in [0.25, 0.3) is 0 Å². The second-order valence-electron chi connectivity index (χ2n) is 9.43. The Morgan fingerprint density at radius 1 is 1.04 bits per heavy atom. The fourth-order valence-electron chi connectivity index (χ4n) is 5.38. The van der Waals surface area contributed by atoms with E-state index in [1.807, 2.05) is 0 Å². The standard InChI is InChI=1S/C21H35N3O2/c25-19(22-18-5-2-1-3-6-18)14-23-12-4-10-21(15-23)11-9-20(26)24(16-21)13-17-7-8-17/h17-18H,1-16H2,(H,22,25). The van der Waals surface area contributed by atoms with Gasteiger partial charge in [-0.25, -0.2) is 0 Å². The lowest BCUT2D eigenvalue weighted by molar-refractivity contribution is -0.140. The van der Waals surface area contributed by atoms with E-state index in [1.54, 1.807) is 0 Å². The van der Waals surface area contributed by atoms with E-state index in [4.69, 9.17) is 0 Å². The number of nitrogens with one attached hydrogen (secondary N) is 1. The van der Waals surface area contributed by atoms with E-state index < -0.39 is 0 Å². The second-order valence-corrected chi connectivity index (χ2v) is 9.43. The van der Waals surface area contributed by atoms with Crippen LogP contribution in [0, 0.1) is 11.3 Å². The van der Waals surface area contributed by atoms with Crippen molar-refractivity contribution in [2.24, 2.45) is 11.3 Å². The molecule has 2 aliphatic carbocycles. The Morgan fingerprint density at radius 3 is 2.62 bits per heavy atom. The van der Waals surface area contributed by atoms with Crippen LogP contribution in [0.15, 0.2) is 0 Å². The van der Waals surface area contributed by atoms with Gasteiger partial charge in [-0.1, -0.05) is 19.3 Å². The summed E-state index contributed by atoms with van der Waals surface area (Å²) in [4.78, 5) is 29.3. The summed E-state index contributed by atoms with van der Waals surface area (Å²) in [5, 5.41) is 3.26. The maximum absolute atomic E-state index is 12.5. The summed E-state index contributed by atoms with van der Waals surface area (Å²) in [5.74, 6) is 1.32. The van der Waals surface area contributed by atoms with Gasteiger partial charge in [0.15, 0.2) is 0 Å². The number of likely N-dealkylation sites (tertiary alicyclic amines) is 2. The number of rotatable bonds is 5. The number of carbonyl (C=O) groups excluding carboxylic acids is 2. The Kier molecular flexibility index (Phi) is 5.53. The van der Waals surface area contributed by atoms with E-state index in [1.165, 1.54) is 38.5 Å². The molecule has 4 fully saturated rings. The normalized spacial score (nSPS) is 31.4. The maximum atomic E-state index is 12.5. The molecule has 146 valence electrons. The first-order valence-corrected chi connectivity index (χ1v) is 10.9. The highest BCUT2D eigenvalue weighted by atomic mass is 16.2. The molecule has 2 saturated heterocycles. The lowest BCUT2D eigenvalue weighted by Crippen LogP contribution is -2.55. The molecule has 2 amide bonds. The molecule has 1 atom stereocenters. The van der Waals surface area contributed by atoms with Crippen LogP contribution in [0.5, 0.6) is 0 Å². The highest BCUT2D eigenvalue weighted by molar-refractivity contribution is 5.78. The molecular formula is C21H35N3O2. The summed E-state index contributed by atoms with van der Waals surface area (Å²) in [5.41, 5.74) is 0.228. The molecule has 0 aromatic rings. The van der Waals surface area contributed by atoms with Gasteiger partial charge in [-0.05, 0) is 57.4 Å². The molecule has 2 heterocycles. The molecule has 5 nitrogen and oxygen atoms in total. The molecule has 4 rings (SSSR count). The monoisotopic (exact) mass is 361 g/mol. The molecule has 26 heavy (non-hydrogen) atoms. The molecule has 5 heteroatoms.